The highest BCUT2D eigenvalue weighted by Crippen LogP contribution is 2.38. The van der Waals surface area contributed by atoms with Crippen LogP contribution >= 0.6 is 11.6 Å². The number of halogens is 1. The lowest BCUT2D eigenvalue weighted by molar-refractivity contribution is 0.0949. The van der Waals surface area contributed by atoms with Crippen LogP contribution in [0.5, 0.6) is 5.75 Å². The summed E-state index contributed by atoms with van der Waals surface area (Å²) in [6.45, 7) is 1.24. The van der Waals surface area contributed by atoms with Crippen LogP contribution in [-0.2, 0) is 6.54 Å². The maximum atomic E-state index is 12.3. The highest BCUT2D eigenvalue weighted by molar-refractivity contribution is 6.31. The van der Waals surface area contributed by atoms with E-state index in [1.165, 1.54) is 20.0 Å². The Morgan fingerprint density at radius 1 is 1.50 bits per heavy atom. The molecular formula is C16H18ClN3O2. The minimum Gasteiger partial charge on any atom is -0.496 e. The zero-order chi connectivity index (χ0) is 15.5. The normalized spacial score (nSPS) is 13.9. The van der Waals surface area contributed by atoms with Gasteiger partial charge in [0.1, 0.15) is 11.6 Å². The molecule has 1 aliphatic rings. The molecule has 0 saturated heterocycles. The molecule has 0 atom stereocenters. The van der Waals surface area contributed by atoms with Crippen LogP contribution in [0.25, 0.3) is 0 Å². The number of ether oxygens (including phenoxy) is 1. The minimum atomic E-state index is -0.188. The third-order valence-electron chi connectivity index (χ3n) is 3.73. The topological polar surface area (TPSA) is 56.1 Å². The standard InChI is InChI=1S/C16H18ClN3O2/c1-22-14-5-4-12(17)10-13(14)16(21)19-7-9-20-8-6-18-15(20)11-2-3-11/h4-6,8,10-11H,2-3,7,9H2,1H3,(H,19,21). The number of hydrogen-bond acceptors (Lipinski definition) is 3. The van der Waals surface area contributed by atoms with Gasteiger partial charge in [0.2, 0.25) is 0 Å². The lowest BCUT2D eigenvalue weighted by Gasteiger charge is -2.11. The van der Waals surface area contributed by atoms with Gasteiger partial charge in [-0.25, -0.2) is 4.98 Å². The predicted molar refractivity (Wildman–Crippen MR) is 84.5 cm³/mol. The summed E-state index contributed by atoms with van der Waals surface area (Å²) in [5, 5.41) is 3.41. The Kier molecular flexibility index (Phi) is 4.34. The third-order valence-corrected chi connectivity index (χ3v) is 3.97. The first kappa shape index (κ1) is 14.9. The molecule has 1 aromatic heterocycles. The van der Waals surface area contributed by atoms with Gasteiger partial charge in [0.15, 0.2) is 0 Å². The number of rotatable bonds is 6. The zero-order valence-electron chi connectivity index (χ0n) is 12.4. The Morgan fingerprint density at radius 2 is 2.32 bits per heavy atom. The molecule has 1 fully saturated rings. The van der Waals surface area contributed by atoms with Gasteiger partial charge in [-0.05, 0) is 31.0 Å². The number of nitrogens with one attached hydrogen (secondary N) is 1. The van der Waals surface area contributed by atoms with E-state index in [4.69, 9.17) is 16.3 Å². The summed E-state index contributed by atoms with van der Waals surface area (Å²) >= 11 is 5.95. The lowest BCUT2D eigenvalue weighted by atomic mass is 10.2. The van der Waals surface area contributed by atoms with E-state index in [0.29, 0.717) is 35.3 Å². The second-order valence-corrected chi connectivity index (χ2v) is 5.79. The molecule has 6 heteroatoms. The summed E-state index contributed by atoms with van der Waals surface area (Å²) in [6.07, 6.45) is 6.20. The number of carbonyl (C=O) groups excluding carboxylic acids is 1. The van der Waals surface area contributed by atoms with E-state index in [1.54, 1.807) is 18.2 Å². The van der Waals surface area contributed by atoms with Crippen molar-refractivity contribution in [2.75, 3.05) is 13.7 Å². The molecule has 0 radical (unpaired) electrons. The average molecular weight is 320 g/mol. The smallest absolute Gasteiger partial charge is 0.255 e. The molecule has 1 heterocycles. The summed E-state index contributed by atoms with van der Waals surface area (Å²) in [7, 11) is 1.54. The quantitative estimate of drug-likeness (QED) is 0.890. The van der Waals surface area contributed by atoms with E-state index in [9.17, 15) is 4.79 Å². The summed E-state index contributed by atoms with van der Waals surface area (Å²) in [4.78, 5) is 16.6. The number of benzene rings is 1. The van der Waals surface area contributed by atoms with Gasteiger partial charge in [-0.1, -0.05) is 11.6 Å². The predicted octanol–water partition coefficient (Wildman–Crippen LogP) is 2.85. The van der Waals surface area contributed by atoms with Crippen LogP contribution in [0.4, 0.5) is 0 Å². The first-order chi connectivity index (χ1) is 10.7. The molecule has 1 aromatic carbocycles. The van der Waals surface area contributed by atoms with Crippen molar-refractivity contribution < 1.29 is 9.53 Å². The fourth-order valence-corrected chi connectivity index (χ4v) is 2.63. The van der Waals surface area contributed by atoms with Crippen molar-refractivity contribution in [1.82, 2.24) is 14.9 Å². The Hall–Kier alpha value is -2.01. The van der Waals surface area contributed by atoms with Crippen molar-refractivity contribution in [2.24, 2.45) is 0 Å². The van der Waals surface area contributed by atoms with E-state index >= 15 is 0 Å². The van der Waals surface area contributed by atoms with Crippen LogP contribution in [0.3, 0.4) is 0 Å². The fourth-order valence-electron chi connectivity index (χ4n) is 2.45. The van der Waals surface area contributed by atoms with E-state index in [-0.39, 0.29) is 5.91 Å². The fraction of sp³-hybridized carbons (Fsp3) is 0.375. The molecule has 1 amide bonds. The van der Waals surface area contributed by atoms with Crippen LogP contribution in [0, 0.1) is 0 Å². The van der Waals surface area contributed by atoms with Crippen LogP contribution in [0.2, 0.25) is 5.02 Å². The van der Waals surface area contributed by atoms with Gasteiger partial charge in [0.05, 0.1) is 12.7 Å². The average Bonchev–Trinajstić information content (AvgIpc) is 3.26. The molecular weight excluding hydrogens is 302 g/mol. The molecule has 3 rings (SSSR count). The number of imidazole rings is 1. The minimum absolute atomic E-state index is 0.188. The summed E-state index contributed by atoms with van der Waals surface area (Å²) in [5.41, 5.74) is 0.447. The van der Waals surface area contributed by atoms with Gasteiger partial charge in [0, 0.05) is 36.4 Å². The van der Waals surface area contributed by atoms with Crippen LogP contribution in [-0.4, -0.2) is 29.1 Å². The molecule has 1 aliphatic carbocycles. The lowest BCUT2D eigenvalue weighted by Crippen LogP contribution is -2.27. The van der Waals surface area contributed by atoms with Crippen molar-refractivity contribution in [2.45, 2.75) is 25.3 Å². The Labute approximate surface area is 134 Å². The third kappa shape index (κ3) is 3.25. The van der Waals surface area contributed by atoms with Crippen molar-refractivity contribution in [1.29, 1.82) is 0 Å². The maximum Gasteiger partial charge on any atom is 0.255 e. The summed E-state index contributed by atoms with van der Waals surface area (Å²) in [6, 6.07) is 5.01. The van der Waals surface area contributed by atoms with Gasteiger partial charge in [-0.15, -0.1) is 0 Å². The number of hydrogen-bond donors (Lipinski definition) is 1. The molecule has 0 spiro atoms. The van der Waals surface area contributed by atoms with Crippen molar-refractivity contribution in [3.05, 3.63) is 47.0 Å². The van der Waals surface area contributed by atoms with Gasteiger partial charge in [-0.3, -0.25) is 4.79 Å². The Balaban J connectivity index is 1.60. The number of aromatic nitrogens is 2. The number of methoxy groups -OCH3 is 1. The summed E-state index contributed by atoms with van der Waals surface area (Å²) in [5.74, 6) is 2.05. The maximum absolute atomic E-state index is 12.3. The highest BCUT2D eigenvalue weighted by Gasteiger charge is 2.27. The molecule has 0 unspecified atom stereocenters. The van der Waals surface area contributed by atoms with E-state index in [2.05, 4.69) is 14.9 Å². The Morgan fingerprint density at radius 3 is 3.05 bits per heavy atom. The van der Waals surface area contributed by atoms with Gasteiger partial charge < -0.3 is 14.6 Å². The van der Waals surface area contributed by atoms with Crippen molar-refractivity contribution in [3.63, 3.8) is 0 Å². The number of nitrogens with zero attached hydrogens (tertiary/aromatic N) is 2. The molecule has 116 valence electrons. The second-order valence-electron chi connectivity index (χ2n) is 5.35. The first-order valence-electron chi connectivity index (χ1n) is 7.32. The van der Waals surface area contributed by atoms with Gasteiger partial charge in [-0.2, -0.15) is 0 Å². The highest BCUT2D eigenvalue weighted by atomic mass is 35.5. The molecule has 5 nitrogen and oxygen atoms in total. The van der Waals surface area contributed by atoms with Gasteiger partial charge in [0.25, 0.3) is 5.91 Å². The molecule has 2 aromatic rings. The number of amides is 1. The monoisotopic (exact) mass is 319 g/mol. The van der Waals surface area contributed by atoms with E-state index in [0.717, 1.165) is 5.82 Å². The molecule has 1 N–H and O–H groups in total. The first-order valence-corrected chi connectivity index (χ1v) is 7.69. The van der Waals surface area contributed by atoms with Crippen molar-refractivity contribution >= 4 is 17.5 Å². The zero-order valence-corrected chi connectivity index (χ0v) is 13.1. The second kappa shape index (κ2) is 6.40. The summed E-state index contributed by atoms with van der Waals surface area (Å²) < 4.78 is 7.30. The SMILES string of the molecule is COc1ccc(Cl)cc1C(=O)NCCn1ccnc1C1CC1. The van der Waals surface area contributed by atoms with Crippen LogP contribution in [0.15, 0.2) is 30.6 Å². The molecule has 0 aliphatic heterocycles. The van der Waals surface area contributed by atoms with E-state index < -0.39 is 0 Å². The van der Waals surface area contributed by atoms with Crippen LogP contribution < -0.4 is 10.1 Å². The molecule has 22 heavy (non-hydrogen) atoms. The largest absolute Gasteiger partial charge is 0.496 e. The molecule has 1 saturated carbocycles. The van der Waals surface area contributed by atoms with Crippen molar-refractivity contribution in [3.8, 4) is 5.75 Å². The van der Waals surface area contributed by atoms with E-state index in [1.807, 2.05) is 12.4 Å². The number of carbonyl (C=O) groups is 1. The van der Waals surface area contributed by atoms with Crippen LogP contribution in [0.1, 0.15) is 34.9 Å². The molecule has 0 bridgehead atoms. The van der Waals surface area contributed by atoms with Gasteiger partial charge >= 0.3 is 0 Å². The Bertz CT molecular complexity index is 680.